The number of hydrogen-bond acceptors (Lipinski definition) is 3. The van der Waals surface area contributed by atoms with Crippen molar-refractivity contribution in [2.24, 2.45) is 5.73 Å². The number of piperazine rings is 1. The second kappa shape index (κ2) is 7.04. The molecule has 1 atom stereocenters. The van der Waals surface area contributed by atoms with Gasteiger partial charge in [0.2, 0.25) is 0 Å². The first-order valence-corrected chi connectivity index (χ1v) is 7.62. The molecule has 3 nitrogen and oxygen atoms in total. The van der Waals surface area contributed by atoms with E-state index in [1.807, 2.05) is 0 Å². The molecular formula is C16H26FN3. The molecule has 0 saturated carbocycles. The van der Waals surface area contributed by atoms with E-state index in [-0.39, 0.29) is 5.82 Å². The molecule has 0 radical (unpaired) electrons. The lowest BCUT2D eigenvalue weighted by Crippen LogP contribution is -2.49. The van der Waals surface area contributed by atoms with E-state index in [0.717, 1.165) is 43.9 Å². The fourth-order valence-electron chi connectivity index (χ4n) is 2.81. The van der Waals surface area contributed by atoms with Crippen LogP contribution in [-0.2, 0) is 6.42 Å². The zero-order valence-corrected chi connectivity index (χ0v) is 12.6. The van der Waals surface area contributed by atoms with Gasteiger partial charge < -0.3 is 10.6 Å². The second-order valence-electron chi connectivity index (χ2n) is 5.64. The van der Waals surface area contributed by atoms with E-state index in [1.54, 1.807) is 12.1 Å². The lowest BCUT2D eigenvalue weighted by Gasteiger charge is -2.39. The number of benzene rings is 1. The topological polar surface area (TPSA) is 32.5 Å². The first kappa shape index (κ1) is 15.3. The van der Waals surface area contributed by atoms with Crippen molar-refractivity contribution >= 4 is 5.69 Å². The molecule has 2 rings (SSSR count). The van der Waals surface area contributed by atoms with Gasteiger partial charge in [-0.2, -0.15) is 0 Å². The van der Waals surface area contributed by atoms with Gasteiger partial charge >= 0.3 is 0 Å². The molecule has 0 bridgehead atoms. The van der Waals surface area contributed by atoms with Crippen molar-refractivity contribution < 1.29 is 4.39 Å². The molecule has 1 aromatic rings. The fraction of sp³-hybridized carbons (Fsp3) is 0.625. The third-order valence-corrected chi connectivity index (χ3v) is 4.27. The maximum atomic E-state index is 13.7. The summed E-state index contributed by atoms with van der Waals surface area (Å²) >= 11 is 0. The molecule has 0 aliphatic carbocycles. The molecule has 1 aromatic carbocycles. The van der Waals surface area contributed by atoms with E-state index in [9.17, 15) is 4.39 Å². The Labute approximate surface area is 121 Å². The van der Waals surface area contributed by atoms with Gasteiger partial charge in [-0.3, -0.25) is 4.90 Å². The molecular weight excluding hydrogens is 253 g/mol. The summed E-state index contributed by atoms with van der Waals surface area (Å²) in [5, 5.41) is 0. The Morgan fingerprint density at radius 2 is 1.90 bits per heavy atom. The van der Waals surface area contributed by atoms with Crippen LogP contribution in [0.5, 0.6) is 0 Å². The zero-order valence-electron chi connectivity index (χ0n) is 12.6. The maximum absolute atomic E-state index is 13.7. The molecule has 0 spiro atoms. The Kier molecular flexibility index (Phi) is 5.38. The molecule has 1 aliphatic rings. The Morgan fingerprint density at radius 1 is 1.20 bits per heavy atom. The molecule has 1 fully saturated rings. The van der Waals surface area contributed by atoms with Gasteiger partial charge in [-0.15, -0.1) is 0 Å². The highest BCUT2D eigenvalue weighted by Gasteiger charge is 2.20. The van der Waals surface area contributed by atoms with E-state index in [1.165, 1.54) is 6.42 Å². The SMILES string of the molecule is CCC(C)N1CCN(c2cc(F)cc(CCN)c2)CC1. The normalized spacial score (nSPS) is 18.3. The minimum absolute atomic E-state index is 0.157. The van der Waals surface area contributed by atoms with Crippen LogP contribution in [0.15, 0.2) is 18.2 Å². The lowest BCUT2D eigenvalue weighted by molar-refractivity contribution is 0.193. The summed E-state index contributed by atoms with van der Waals surface area (Å²) < 4.78 is 13.7. The van der Waals surface area contributed by atoms with Crippen LogP contribution in [-0.4, -0.2) is 43.7 Å². The van der Waals surface area contributed by atoms with Crippen molar-refractivity contribution in [3.63, 3.8) is 0 Å². The average molecular weight is 279 g/mol. The smallest absolute Gasteiger partial charge is 0.125 e. The molecule has 0 aromatic heterocycles. The van der Waals surface area contributed by atoms with Crippen LogP contribution in [0.3, 0.4) is 0 Å². The standard InChI is InChI=1S/C16H26FN3/c1-3-13(2)19-6-8-20(9-7-19)16-11-14(4-5-18)10-15(17)12-16/h10-13H,3-9,18H2,1-2H3. The van der Waals surface area contributed by atoms with Crippen LogP contribution in [0.25, 0.3) is 0 Å². The molecule has 1 saturated heterocycles. The minimum atomic E-state index is -0.157. The van der Waals surface area contributed by atoms with E-state index >= 15 is 0 Å². The summed E-state index contributed by atoms with van der Waals surface area (Å²) in [7, 11) is 0. The quantitative estimate of drug-likeness (QED) is 0.897. The van der Waals surface area contributed by atoms with Crippen LogP contribution >= 0.6 is 0 Å². The highest BCUT2D eigenvalue weighted by Crippen LogP contribution is 2.21. The van der Waals surface area contributed by atoms with E-state index in [0.29, 0.717) is 12.6 Å². The first-order valence-electron chi connectivity index (χ1n) is 7.62. The minimum Gasteiger partial charge on any atom is -0.369 e. The van der Waals surface area contributed by atoms with Gasteiger partial charge in [0.15, 0.2) is 0 Å². The molecule has 1 heterocycles. The average Bonchev–Trinajstić information content (AvgIpc) is 2.46. The first-order chi connectivity index (χ1) is 9.63. The third-order valence-electron chi connectivity index (χ3n) is 4.27. The van der Waals surface area contributed by atoms with Gasteiger partial charge in [-0.05, 0) is 50.1 Å². The van der Waals surface area contributed by atoms with Crippen molar-refractivity contribution in [3.8, 4) is 0 Å². The number of nitrogens with two attached hydrogens (primary N) is 1. The Hall–Kier alpha value is -1.13. The summed E-state index contributed by atoms with van der Waals surface area (Å²) in [4.78, 5) is 4.79. The van der Waals surface area contributed by atoms with Gasteiger partial charge in [-0.1, -0.05) is 6.92 Å². The van der Waals surface area contributed by atoms with E-state index < -0.39 is 0 Å². The van der Waals surface area contributed by atoms with Crippen molar-refractivity contribution in [2.45, 2.75) is 32.7 Å². The van der Waals surface area contributed by atoms with Crippen LogP contribution in [0, 0.1) is 5.82 Å². The van der Waals surface area contributed by atoms with E-state index in [2.05, 4.69) is 29.7 Å². The predicted octanol–water partition coefficient (Wildman–Crippen LogP) is 2.25. The van der Waals surface area contributed by atoms with Crippen LogP contribution in [0.4, 0.5) is 10.1 Å². The molecule has 2 N–H and O–H groups in total. The Balaban J connectivity index is 2.03. The lowest BCUT2D eigenvalue weighted by atomic mass is 10.1. The van der Waals surface area contributed by atoms with Crippen LogP contribution < -0.4 is 10.6 Å². The van der Waals surface area contributed by atoms with Gasteiger partial charge in [0.25, 0.3) is 0 Å². The van der Waals surface area contributed by atoms with Crippen molar-refractivity contribution in [2.75, 3.05) is 37.6 Å². The monoisotopic (exact) mass is 279 g/mol. The number of rotatable bonds is 5. The Bertz CT molecular complexity index is 428. The number of hydrogen-bond donors (Lipinski definition) is 1. The second-order valence-corrected chi connectivity index (χ2v) is 5.64. The highest BCUT2D eigenvalue weighted by molar-refractivity contribution is 5.49. The number of halogens is 1. The highest BCUT2D eigenvalue weighted by atomic mass is 19.1. The van der Waals surface area contributed by atoms with Gasteiger partial charge in [0, 0.05) is 37.9 Å². The summed E-state index contributed by atoms with van der Waals surface area (Å²) in [6.45, 7) is 9.10. The molecule has 1 aliphatic heterocycles. The maximum Gasteiger partial charge on any atom is 0.125 e. The molecule has 4 heteroatoms. The third kappa shape index (κ3) is 3.70. The fourth-order valence-corrected chi connectivity index (χ4v) is 2.81. The van der Waals surface area contributed by atoms with Crippen molar-refractivity contribution in [1.29, 1.82) is 0 Å². The van der Waals surface area contributed by atoms with Crippen LogP contribution in [0.2, 0.25) is 0 Å². The molecule has 20 heavy (non-hydrogen) atoms. The van der Waals surface area contributed by atoms with Crippen molar-refractivity contribution in [3.05, 3.63) is 29.6 Å². The summed E-state index contributed by atoms with van der Waals surface area (Å²) in [6, 6.07) is 5.94. The summed E-state index contributed by atoms with van der Waals surface area (Å²) in [5.41, 5.74) is 7.55. The number of anilines is 1. The largest absolute Gasteiger partial charge is 0.369 e. The Morgan fingerprint density at radius 3 is 2.50 bits per heavy atom. The predicted molar refractivity (Wildman–Crippen MR) is 82.7 cm³/mol. The van der Waals surface area contributed by atoms with Gasteiger partial charge in [-0.25, -0.2) is 4.39 Å². The summed E-state index contributed by atoms with van der Waals surface area (Å²) in [5.74, 6) is -0.157. The van der Waals surface area contributed by atoms with Gasteiger partial charge in [0.1, 0.15) is 5.82 Å². The van der Waals surface area contributed by atoms with Crippen LogP contribution in [0.1, 0.15) is 25.8 Å². The number of nitrogens with zero attached hydrogens (tertiary/aromatic N) is 2. The van der Waals surface area contributed by atoms with E-state index in [4.69, 9.17) is 5.73 Å². The molecule has 1 unspecified atom stereocenters. The molecule has 112 valence electrons. The van der Waals surface area contributed by atoms with Gasteiger partial charge in [0.05, 0.1) is 0 Å². The molecule has 0 amide bonds. The zero-order chi connectivity index (χ0) is 14.5. The summed E-state index contributed by atoms with van der Waals surface area (Å²) in [6.07, 6.45) is 1.91. The van der Waals surface area contributed by atoms with Crippen molar-refractivity contribution in [1.82, 2.24) is 4.90 Å².